The second-order valence-corrected chi connectivity index (χ2v) is 5.06. The first-order valence-corrected chi connectivity index (χ1v) is 7.32. The van der Waals surface area contributed by atoms with Crippen LogP contribution in [0, 0.1) is 0 Å². The number of halogens is 1. The standard InChI is InChI=1S/C15H24ClN/c1-2-3-4-5-6-7-8-9-11-14-12-10-13-15(16)17-14/h10,12-13H,2-9,11H2,1H3. The number of hydrogen-bond donors (Lipinski definition) is 0. The Kier molecular flexibility index (Phi) is 8.08. The molecule has 0 bridgehead atoms. The van der Waals surface area contributed by atoms with Crippen molar-refractivity contribution in [1.29, 1.82) is 0 Å². The molecule has 0 unspecified atom stereocenters. The molecule has 1 aromatic heterocycles. The van der Waals surface area contributed by atoms with Crippen LogP contribution in [0.2, 0.25) is 5.15 Å². The van der Waals surface area contributed by atoms with Gasteiger partial charge in [0.05, 0.1) is 0 Å². The predicted octanol–water partition coefficient (Wildman–Crippen LogP) is 5.42. The number of nitrogens with zero attached hydrogens (tertiary/aromatic N) is 1. The van der Waals surface area contributed by atoms with Gasteiger partial charge in [0.25, 0.3) is 0 Å². The Labute approximate surface area is 111 Å². The largest absolute Gasteiger partial charge is 0.241 e. The second-order valence-electron chi connectivity index (χ2n) is 4.68. The fourth-order valence-electron chi connectivity index (χ4n) is 2.03. The van der Waals surface area contributed by atoms with Gasteiger partial charge < -0.3 is 0 Å². The van der Waals surface area contributed by atoms with Crippen LogP contribution < -0.4 is 0 Å². The van der Waals surface area contributed by atoms with Crippen molar-refractivity contribution < 1.29 is 0 Å². The molecule has 0 saturated carbocycles. The summed E-state index contributed by atoms with van der Waals surface area (Å²) in [5.41, 5.74) is 1.13. The fraction of sp³-hybridized carbons (Fsp3) is 0.667. The van der Waals surface area contributed by atoms with E-state index in [2.05, 4.69) is 18.0 Å². The molecule has 1 rings (SSSR count). The van der Waals surface area contributed by atoms with E-state index in [0.29, 0.717) is 5.15 Å². The Balaban J connectivity index is 1.97. The van der Waals surface area contributed by atoms with Crippen LogP contribution in [0.25, 0.3) is 0 Å². The maximum atomic E-state index is 5.84. The zero-order chi connectivity index (χ0) is 12.3. The first-order valence-electron chi connectivity index (χ1n) is 6.94. The van der Waals surface area contributed by atoms with Crippen molar-refractivity contribution in [2.24, 2.45) is 0 Å². The van der Waals surface area contributed by atoms with Gasteiger partial charge in [-0.15, -0.1) is 0 Å². The zero-order valence-electron chi connectivity index (χ0n) is 10.9. The first-order chi connectivity index (χ1) is 8.33. The van der Waals surface area contributed by atoms with Crippen LogP contribution in [-0.2, 0) is 6.42 Å². The van der Waals surface area contributed by atoms with E-state index in [1.165, 1.54) is 51.4 Å². The summed E-state index contributed by atoms with van der Waals surface area (Å²) >= 11 is 5.84. The van der Waals surface area contributed by atoms with Crippen LogP contribution in [0.1, 0.15) is 64.0 Å². The highest BCUT2D eigenvalue weighted by molar-refractivity contribution is 6.29. The Bertz CT molecular complexity index is 299. The summed E-state index contributed by atoms with van der Waals surface area (Å²) in [5, 5.41) is 0.613. The minimum atomic E-state index is 0.613. The summed E-state index contributed by atoms with van der Waals surface area (Å²) in [6.45, 7) is 2.26. The number of aryl methyl sites for hydroxylation is 1. The second kappa shape index (κ2) is 9.47. The number of unbranched alkanes of at least 4 members (excludes halogenated alkanes) is 7. The summed E-state index contributed by atoms with van der Waals surface area (Å²) in [4.78, 5) is 4.30. The highest BCUT2D eigenvalue weighted by Gasteiger charge is 1.96. The van der Waals surface area contributed by atoms with E-state index in [0.717, 1.165) is 12.1 Å². The normalized spacial score (nSPS) is 10.7. The lowest BCUT2D eigenvalue weighted by molar-refractivity contribution is 0.574. The topological polar surface area (TPSA) is 12.9 Å². The van der Waals surface area contributed by atoms with E-state index in [4.69, 9.17) is 11.6 Å². The molecule has 1 heterocycles. The van der Waals surface area contributed by atoms with Crippen LogP contribution in [0.4, 0.5) is 0 Å². The van der Waals surface area contributed by atoms with Crippen LogP contribution in [0.3, 0.4) is 0 Å². The van der Waals surface area contributed by atoms with Gasteiger partial charge in [0.15, 0.2) is 0 Å². The number of rotatable bonds is 9. The van der Waals surface area contributed by atoms with E-state index < -0.39 is 0 Å². The van der Waals surface area contributed by atoms with Crippen molar-refractivity contribution in [2.45, 2.75) is 64.7 Å². The predicted molar refractivity (Wildman–Crippen MR) is 75.6 cm³/mol. The molecule has 0 aliphatic heterocycles. The van der Waals surface area contributed by atoms with E-state index in [-0.39, 0.29) is 0 Å². The Morgan fingerprint density at radius 2 is 1.59 bits per heavy atom. The molecule has 0 spiro atoms. The molecule has 0 saturated heterocycles. The van der Waals surface area contributed by atoms with E-state index in [9.17, 15) is 0 Å². The van der Waals surface area contributed by atoms with Crippen molar-refractivity contribution in [3.8, 4) is 0 Å². The first kappa shape index (κ1) is 14.5. The Morgan fingerprint density at radius 3 is 2.24 bits per heavy atom. The van der Waals surface area contributed by atoms with Gasteiger partial charge in [-0.2, -0.15) is 0 Å². The molecule has 1 nitrogen and oxygen atoms in total. The molecule has 0 amide bonds. The molecular weight excluding hydrogens is 230 g/mol. The Morgan fingerprint density at radius 1 is 0.941 bits per heavy atom. The molecule has 17 heavy (non-hydrogen) atoms. The van der Waals surface area contributed by atoms with Crippen molar-refractivity contribution >= 4 is 11.6 Å². The van der Waals surface area contributed by atoms with E-state index in [1.807, 2.05) is 12.1 Å². The summed E-state index contributed by atoms with van der Waals surface area (Å²) < 4.78 is 0. The highest BCUT2D eigenvalue weighted by Crippen LogP contribution is 2.11. The van der Waals surface area contributed by atoms with Crippen molar-refractivity contribution in [3.05, 3.63) is 29.0 Å². The monoisotopic (exact) mass is 253 g/mol. The lowest BCUT2D eigenvalue weighted by atomic mass is 10.1. The Hall–Kier alpha value is -0.560. The molecule has 0 atom stereocenters. The lowest BCUT2D eigenvalue weighted by Crippen LogP contribution is -1.90. The van der Waals surface area contributed by atoms with Crippen molar-refractivity contribution in [1.82, 2.24) is 4.98 Å². The van der Waals surface area contributed by atoms with Gasteiger partial charge in [0.1, 0.15) is 5.15 Å². The lowest BCUT2D eigenvalue weighted by Gasteiger charge is -2.02. The van der Waals surface area contributed by atoms with E-state index >= 15 is 0 Å². The summed E-state index contributed by atoms with van der Waals surface area (Å²) in [7, 11) is 0. The molecular formula is C15H24ClN. The highest BCUT2D eigenvalue weighted by atomic mass is 35.5. The number of hydrogen-bond acceptors (Lipinski definition) is 1. The number of pyridine rings is 1. The molecule has 0 radical (unpaired) electrons. The summed E-state index contributed by atoms with van der Waals surface area (Å²) in [6.07, 6.45) is 11.9. The third-order valence-corrected chi connectivity index (χ3v) is 3.27. The van der Waals surface area contributed by atoms with Crippen LogP contribution in [0.5, 0.6) is 0 Å². The van der Waals surface area contributed by atoms with Gasteiger partial charge in [0.2, 0.25) is 0 Å². The maximum absolute atomic E-state index is 5.84. The average Bonchev–Trinajstić information content (AvgIpc) is 2.33. The van der Waals surface area contributed by atoms with Gasteiger partial charge >= 0.3 is 0 Å². The molecule has 1 aromatic rings. The molecule has 0 aliphatic carbocycles. The number of aromatic nitrogens is 1. The van der Waals surface area contributed by atoms with E-state index in [1.54, 1.807) is 0 Å². The van der Waals surface area contributed by atoms with Crippen LogP contribution in [-0.4, -0.2) is 4.98 Å². The molecule has 2 heteroatoms. The molecule has 0 aromatic carbocycles. The average molecular weight is 254 g/mol. The molecule has 0 fully saturated rings. The SMILES string of the molecule is CCCCCCCCCCc1cccc(Cl)n1. The third-order valence-electron chi connectivity index (χ3n) is 3.06. The maximum Gasteiger partial charge on any atom is 0.129 e. The zero-order valence-corrected chi connectivity index (χ0v) is 11.7. The van der Waals surface area contributed by atoms with Crippen molar-refractivity contribution in [2.75, 3.05) is 0 Å². The molecule has 96 valence electrons. The van der Waals surface area contributed by atoms with Gasteiger partial charge in [-0.3, -0.25) is 0 Å². The van der Waals surface area contributed by atoms with Crippen molar-refractivity contribution in [3.63, 3.8) is 0 Å². The molecule has 0 aliphatic rings. The fourth-order valence-corrected chi connectivity index (χ4v) is 2.21. The third kappa shape index (κ3) is 7.38. The van der Waals surface area contributed by atoms with Gasteiger partial charge in [-0.1, -0.05) is 69.5 Å². The smallest absolute Gasteiger partial charge is 0.129 e. The minimum Gasteiger partial charge on any atom is -0.241 e. The van der Waals surface area contributed by atoms with Crippen LogP contribution >= 0.6 is 11.6 Å². The molecule has 0 N–H and O–H groups in total. The van der Waals surface area contributed by atoms with Gasteiger partial charge in [-0.25, -0.2) is 4.98 Å². The summed E-state index contributed by atoms with van der Waals surface area (Å²) in [6, 6.07) is 5.88. The summed E-state index contributed by atoms with van der Waals surface area (Å²) in [5.74, 6) is 0. The van der Waals surface area contributed by atoms with Gasteiger partial charge in [-0.05, 0) is 25.0 Å². The van der Waals surface area contributed by atoms with Gasteiger partial charge in [0, 0.05) is 5.69 Å². The van der Waals surface area contributed by atoms with Crippen LogP contribution in [0.15, 0.2) is 18.2 Å². The minimum absolute atomic E-state index is 0.613. The quantitative estimate of drug-likeness (QED) is 0.423.